The zero-order chi connectivity index (χ0) is 13.7. The fourth-order valence-corrected chi connectivity index (χ4v) is 1.93. The summed E-state index contributed by atoms with van der Waals surface area (Å²) in [6.07, 6.45) is 2.42. The van der Waals surface area contributed by atoms with E-state index in [-0.39, 0.29) is 5.91 Å². The van der Waals surface area contributed by atoms with Gasteiger partial charge in [0.1, 0.15) is 0 Å². The van der Waals surface area contributed by atoms with E-state index in [1.165, 1.54) is 4.90 Å². The van der Waals surface area contributed by atoms with Crippen molar-refractivity contribution in [2.75, 3.05) is 13.6 Å². The summed E-state index contributed by atoms with van der Waals surface area (Å²) < 4.78 is 0. The maximum Gasteiger partial charge on any atom is 0.251 e. The second-order valence-corrected chi connectivity index (χ2v) is 5.60. The summed E-state index contributed by atoms with van der Waals surface area (Å²) >= 11 is 0. The molecule has 2 amide bonds. The third-order valence-electron chi connectivity index (χ3n) is 3.30. The highest BCUT2D eigenvalue weighted by Crippen LogP contribution is 2.27. The Balaban J connectivity index is 2.51. The van der Waals surface area contributed by atoms with Crippen LogP contribution in [0.1, 0.15) is 33.1 Å². The summed E-state index contributed by atoms with van der Waals surface area (Å²) in [5.41, 5.74) is 0. The lowest BCUT2D eigenvalue weighted by Gasteiger charge is -2.29. The molecular formula is C13H24N2O3. The van der Waals surface area contributed by atoms with Gasteiger partial charge in [-0.2, -0.15) is 0 Å². The standard InChI is InChI=1S/C13H24N2O3/c1-9(2)6-11(15(3)8-16)12(17)13(18)14-7-10-4-5-10/h8-12,17H,4-7H2,1-3H3,(H,14,18). The number of likely N-dealkylation sites (N-methyl/N-ethyl adjacent to an activating group) is 1. The number of carbonyl (C=O) groups excluding carboxylic acids is 2. The van der Waals surface area contributed by atoms with E-state index in [0.717, 1.165) is 12.8 Å². The van der Waals surface area contributed by atoms with E-state index in [4.69, 9.17) is 0 Å². The zero-order valence-electron chi connectivity index (χ0n) is 11.4. The molecule has 0 aliphatic heterocycles. The molecule has 1 saturated carbocycles. The van der Waals surface area contributed by atoms with Gasteiger partial charge in [0.25, 0.3) is 5.91 Å². The second kappa shape index (κ2) is 6.73. The summed E-state index contributed by atoms with van der Waals surface area (Å²) in [7, 11) is 1.59. The first kappa shape index (κ1) is 15.0. The number of hydrogen-bond acceptors (Lipinski definition) is 3. The monoisotopic (exact) mass is 256 g/mol. The Morgan fingerprint density at radius 2 is 2.11 bits per heavy atom. The van der Waals surface area contributed by atoms with Crippen LogP contribution in [0.4, 0.5) is 0 Å². The molecule has 1 aliphatic carbocycles. The van der Waals surface area contributed by atoms with Crippen LogP contribution < -0.4 is 5.32 Å². The maximum absolute atomic E-state index is 11.8. The van der Waals surface area contributed by atoms with Crippen LogP contribution in [0.25, 0.3) is 0 Å². The van der Waals surface area contributed by atoms with Crippen molar-refractivity contribution in [3.63, 3.8) is 0 Å². The molecule has 2 unspecified atom stereocenters. The molecule has 104 valence electrons. The molecule has 5 nitrogen and oxygen atoms in total. The molecule has 0 spiro atoms. The van der Waals surface area contributed by atoms with Crippen LogP contribution in [0.3, 0.4) is 0 Å². The Bertz CT molecular complexity index is 290. The van der Waals surface area contributed by atoms with Gasteiger partial charge in [0, 0.05) is 13.6 Å². The molecule has 2 atom stereocenters. The molecule has 2 N–H and O–H groups in total. The lowest BCUT2D eigenvalue weighted by atomic mass is 9.97. The number of aliphatic hydroxyl groups excluding tert-OH is 1. The number of hydrogen-bond donors (Lipinski definition) is 2. The fourth-order valence-electron chi connectivity index (χ4n) is 1.93. The molecule has 0 saturated heterocycles. The Morgan fingerprint density at radius 3 is 2.56 bits per heavy atom. The summed E-state index contributed by atoms with van der Waals surface area (Å²) in [5.74, 6) is 0.512. The van der Waals surface area contributed by atoms with Crippen molar-refractivity contribution in [2.45, 2.75) is 45.3 Å². The van der Waals surface area contributed by atoms with Gasteiger partial charge in [0.05, 0.1) is 6.04 Å². The van der Waals surface area contributed by atoms with Crippen molar-refractivity contribution in [2.24, 2.45) is 11.8 Å². The van der Waals surface area contributed by atoms with Gasteiger partial charge in [-0.3, -0.25) is 9.59 Å². The highest BCUT2D eigenvalue weighted by Gasteiger charge is 2.30. The number of amides is 2. The van der Waals surface area contributed by atoms with Crippen molar-refractivity contribution in [1.29, 1.82) is 0 Å². The summed E-state index contributed by atoms with van der Waals surface area (Å²) in [6, 6.07) is -0.457. The summed E-state index contributed by atoms with van der Waals surface area (Å²) in [4.78, 5) is 24.0. The minimum absolute atomic E-state index is 0.309. The van der Waals surface area contributed by atoms with Gasteiger partial charge in [-0.05, 0) is 31.1 Å². The van der Waals surface area contributed by atoms with Crippen LogP contribution in [-0.2, 0) is 9.59 Å². The van der Waals surface area contributed by atoms with Crippen LogP contribution in [0, 0.1) is 11.8 Å². The Morgan fingerprint density at radius 1 is 1.50 bits per heavy atom. The molecule has 18 heavy (non-hydrogen) atoms. The second-order valence-electron chi connectivity index (χ2n) is 5.60. The molecule has 0 radical (unpaired) electrons. The van der Waals surface area contributed by atoms with Gasteiger partial charge in [-0.15, -0.1) is 0 Å². The van der Waals surface area contributed by atoms with E-state index in [1.54, 1.807) is 7.05 Å². The Hall–Kier alpha value is -1.10. The number of rotatable bonds is 8. The summed E-state index contributed by atoms with van der Waals surface area (Å²) in [6.45, 7) is 4.63. The lowest BCUT2D eigenvalue weighted by Crippen LogP contribution is -2.50. The quantitative estimate of drug-likeness (QED) is 0.617. The molecule has 1 fully saturated rings. The molecule has 0 aromatic carbocycles. The molecule has 0 heterocycles. The highest BCUT2D eigenvalue weighted by molar-refractivity contribution is 5.81. The van der Waals surface area contributed by atoms with E-state index in [2.05, 4.69) is 5.32 Å². The van der Waals surface area contributed by atoms with Gasteiger partial charge in [-0.25, -0.2) is 0 Å². The molecule has 1 rings (SSSR count). The van der Waals surface area contributed by atoms with Crippen molar-refractivity contribution in [3.05, 3.63) is 0 Å². The third-order valence-corrected chi connectivity index (χ3v) is 3.30. The van der Waals surface area contributed by atoms with Gasteiger partial charge in [0.2, 0.25) is 6.41 Å². The molecule has 5 heteroatoms. The smallest absolute Gasteiger partial charge is 0.251 e. The van der Waals surface area contributed by atoms with Crippen molar-refractivity contribution < 1.29 is 14.7 Å². The van der Waals surface area contributed by atoms with Gasteiger partial charge < -0.3 is 15.3 Å². The normalized spacial score (nSPS) is 18.3. The highest BCUT2D eigenvalue weighted by atomic mass is 16.3. The fraction of sp³-hybridized carbons (Fsp3) is 0.846. The van der Waals surface area contributed by atoms with Crippen molar-refractivity contribution >= 4 is 12.3 Å². The molecule has 1 aliphatic rings. The van der Waals surface area contributed by atoms with Crippen molar-refractivity contribution in [1.82, 2.24) is 10.2 Å². The number of nitrogens with zero attached hydrogens (tertiary/aromatic N) is 1. The topological polar surface area (TPSA) is 69.6 Å². The van der Waals surface area contributed by atoms with Crippen LogP contribution in [0.2, 0.25) is 0 Å². The average molecular weight is 256 g/mol. The average Bonchev–Trinajstić information content (AvgIpc) is 3.14. The predicted octanol–water partition coefficient (Wildman–Crippen LogP) is 0.376. The van der Waals surface area contributed by atoms with E-state index in [9.17, 15) is 14.7 Å². The minimum atomic E-state index is -1.15. The van der Waals surface area contributed by atoms with Crippen LogP contribution in [0.15, 0.2) is 0 Å². The van der Waals surface area contributed by atoms with Crippen molar-refractivity contribution in [3.8, 4) is 0 Å². The number of carbonyl (C=O) groups is 2. The Labute approximate surface area is 109 Å². The predicted molar refractivity (Wildman–Crippen MR) is 68.8 cm³/mol. The van der Waals surface area contributed by atoms with E-state index >= 15 is 0 Å². The zero-order valence-corrected chi connectivity index (χ0v) is 11.4. The molecule has 0 bridgehead atoms. The van der Waals surface area contributed by atoms with Crippen LogP contribution >= 0.6 is 0 Å². The molecule has 0 aromatic rings. The number of nitrogens with one attached hydrogen (secondary N) is 1. The third kappa shape index (κ3) is 4.64. The van der Waals surface area contributed by atoms with Crippen LogP contribution in [-0.4, -0.2) is 48.1 Å². The number of aliphatic hydroxyl groups is 1. The summed E-state index contributed by atoms with van der Waals surface area (Å²) in [5, 5.41) is 12.8. The van der Waals surface area contributed by atoms with Gasteiger partial charge in [-0.1, -0.05) is 13.8 Å². The van der Waals surface area contributed by atoms with Gasteiger partial charge in [0.15, 0.2) is 6.10 Å². The molecule has 0 aromatic heterocycles. The SMILES string of the molecule is CC(C)CC(C(O)C(=O)NCC1CC1)N(C)C=O. The lowest BCUT2D eigenvalue weighted by molar-refractivity contribution is -0.135. The maximum atomic E-state index is 11.8. The first-order chi connectivity index (χ1) is 8.45. The minimum Gasteiger partial charge on any atom is -0.381 e. The van der Waals surface area contributed by atoms with E-state index in [0.29, 0.717) is 31.2 Å². The van der Waals surface area contributed by atoms with Gasteiger partial charge >= 0.3 is 0 Å². The van der Waals surface area contributed by atoms with E-state index in [1.807, 2.05) is 13.8 Å². The van der Waals surface area contributed by atoms with Crippen LogP contribution in [0.5, 0.6) is 0 Å². The van der Waals surface area contributed by atoms with E-state index < -0.39 is 12.1 Å². The first-order valence-electron chi connectivity index (χ1n) is 6.58. The molecular weight excluding hydrogens is 232 g/mol. The first-order valence-corrected chi connectivity index (χ1v) is 6.58. The Kier molecular flexibility index (Phi) is 5.59. The largest absolute Gasteiger partial charge is 0.381 e.